The van der Waals surface area contributed by atoms with Crippen LogP contribution in [0.15, 0.2) is 18.2 Å². The van der Waals surface area contributed by atoms with Crippen molar-refractivity contribution in [3.8, 4) is 0 Å². The monoisotopic (exact) mass is 318 g/mol. The van der Waals surface area contributed by atoms with E-state index in [4.69, 9.17) is 0 Å². The van der Waals surface area contributed by atoms with Crippen LogP contribution in [-0.2, 0) is 9.59 Å². The van der Waals surface area contributed by atoms with Crippen LogP contribution in [0.3, 0.4) is 0 Å². The molecule has 2 N–H and O–H groups in total. The van der Waals surface area contributed by atoms with E-state index in [0.29, 0.717) is 13.0 Å². The van der Waals surface area contributed by atoms with Gasteiger partial charge in [-0.25, -0.2) is 0 Å². The minimum atomic E-state index is -0.775. The molecule has 1 heterocycles. The van der Waals surface area contributed by atoms with Crippen LogP contribution in [-0.4, -0.2) is 41.0 Å². The van der Waals surface area contributed by atoms with E-state index in [2.05, 4.69) is 5.32 Å². The molecule has 0 radical (unpaired) electrons. The molecule has 1 aliphatic rings. The Morgan fingerprint density at radius 2 is 2.00 bits per heavy atom. The summed E-state index contributed by atoms with van der Waals surface area (Å²) >= 11 is 0. The number of nitrogens with zero attached hydrogens (tertiary/aromatic N) is 1. The molecular weight excluding hydrogens is 292 g/mol. The zero-order chi connectivity index (χ0) is 17.1. The van der Waals surface area contributed by atoms with E-state index >= 15 is 0 Å². The first-order valence-corrected chi connectivity index (χ1v) is 8.13. The number of piperidine rings is 1. The van der Waals surface area contributed by atoms with Gasteiger partial charge in [-0.1, -0.05) is 24.6 Å². The second kappa shape index (κ2) is 7.13. The number of carbonyl (C=O) groups excluding carboxylic acids is 1. The average molecular weight is 318 g/mol. The highest BCUT2D eigenvalue weighted by Gasteiger charge is 2.33. The molecule has 1 aliphatic heterocycles. The Bertz CT molecular complexity index is 600. The number of rotatable bonds is 4. The van der Waals surface area contributed by atoms with Gasteiger partial charge in [-0.3, -0.25) is 14.5 Å². The number of hydrogen-bond acceptors (Lipinski definition) is 3. The Balaban J connectivity index is 2.05. The molecule has 5 nitrogen and oxygen atoms in total. The summed E-state index contributed by atoms with van der Waals surface area (Å²) in [5.41, 5.74) is 3.00. The highest BCUT2D eigenvalue weighted by Crippen LogP contribution is 2.24. The molecule has 1 saturated heterocycles. The number of nitrogens with one attached hydrogen (secondary N) is 1. The summed E-state index contributed by atoms with van der Waals surface area (Å²) in [6.07, 6.45) is 0.678. The molecule has 0 aliphatic carbocycles. The van der Waals surface area contributed by atoms with Crippen molar-refractivity contribution < 1.29 is 14.7 Å². The number of likely N-dealkylation sites (tertiary alicyclic amines) is 1. The van der Waals surface area contributed by atoms with Crippen LogP contribution in [0.5, 0.6) is 0 Å². The van der Waals surface area contributed by atoms with E-state index in [1.807, 2.05) is 50.8 Å². The van der Waals surface area contributed by atoms with Gasteiger partial charge in [0.25, 0.3) is 0 Å². The van der Waals surface area contributed by atoms with Crippen molar-refractivity contribution in [2.75, 3.05) is 18.4 Å². The Morgan fingerprint density at radius 1 is 1.30 bits per heavy atom. The van der Waals surface area contributed by atoms with Crippen LogP contribution >= 0.6 is 0 Å². The molecule has 5 heteroatoms. The molecule has 1 aromatic rings. The van der Waals surface area contributed by atoms with E-state index in [-0.39, 0.29) is 17.9 Å². The lowest BCUT2D eigenvalue weighted by Gasteiger charge is -2.37. The van der Waals surface area contributed by atoms with Crippen molar-refractivity contribution in [2.24, 2.45) is 11.8 Å². The van der Waals surface area contributed by atoms with E-state index in [0.717, 1.165) is 23.4 Å². The third-order valence-electron chi connectivity index (χ3n) is 4.60. The van der Waals surface area contributed by atoms with Gasteiger partial charge in [-0.05, 0) is 44.7 Å². The van der Waals surface area contributed by atoms with Crippen LogP contribution in [0.25, 0.3) is 0 Å². The van der Waals surface area contributed by atoms with Gasteiger partial charge >= 0.3 is 5.97 Å². The topological polar surface area (TPSA) is 69.6 Å². The normalized spacial score (nSPS) is 23.3. The molecule has 3 atom stereocenters. The minimum absolute atomic E-state index is 0.0878. The molecule has 0 saturated carbocycles. The number of aliphatic carboxylic acids is 1. The fraction of sp³-hybridized carbons (Fsp3) is 0.556. The summed E-state index contributed by atoms with van der Waals surface area (Å²) in [5.74, 6) is -0.977. The lowest BCUT2D eigenvalue weighted by Crippen LogP contribution is -2.50. The van der Waals surface area contributed by atoms with E-state index in [1.54, 1.807) is 0 Å². The molecule has 1 amide bonds. The lowest BCUT2D eigenvalue weighted by atomic mass is 9.89. The quantitative estimate of drug-likeness (QED) is 0.895. The summed E-state index contributed by atoms with van der Waals surface area (Å²) in [4.78, 5) is 25.8. The molecule has 0 spiro atoms. The zero-order valence-electron chi connectivity index (χ0n) is 14.3. The van der Waals surface area contributed by atoms with Gasteiger partial charge in [0.05, 0.1) is 12.0 Å². The maximum Gasteiger partial charge on any atom is 0.307 e. The maximum absolute atomic E-state index is 12.5. The summed E-state index contributed by atoms with van der Waals surface area (Å²) in [6, 6.07) is 5.56. The number of anilines is 1. The van der Waals surface area contributed by atoms with E-state index < -0.39 is 11.9 Å². The second-order valence-electron chi connectivity index (χ2n) is 6.81. The SMILES string of the molecule is Cc1ccc(NC(=O)C(C)N2CC(C)CC(C(=O)O)C2)c(C)c1. The summed E-state index contributed by atoms with van der Waals surface area (Å²) in [6.45, 7) is 9.05. The van der Waals surface area contributed by atoms with Gasteiger partial charge in [0, 0.05) is 18.8 Å². The van der Waals surface area contributed by atoms with Crippen LogP contribution in [0, 0.1) is 25.7 Å². The lowest BCUT2D eigenvalue weighted by molar-refractivity contribution is -0.145. The summed E-state index contributed by atoms with van der Waals surface area (Å²) in [7, 11) is 0. The standard InChI is InChI=1S/C18H26N2O3/c1-11-5-6-16(13(3)7-11)19-17(21)14(4)20-9-12(2)8-15(10-20)18(22)23/h5-7,12,14-15H,8-10H2,1-4H3,(H,19,21)(H,22,23). The van der Waals surface area contributed by atoms with E-state index in [9.17, 15) is 14.7 Å². The number of amides is 1. The summed E-state index contributed by atoms with van der Waals surface area (Å²) in [5, 5.41) is 12.2. The van der Waals surface area contributed by atoms with Crippen molar-refractivity contribution in [3.63, 3.8) is 0 Å². The van der Waals surface area contributed by atoms with Crippen molar-refractivity contribution in [2.45, 2.75) is 40.2 Å². The van der Waals surface area contributed by atoms with Gasteiger partial charge < -0.3 is 10.4 Å². The van der Waals surface area contributed by atoms with Gasteiger partial charge in [-0.15, -0.1) is 0 Å². The van der Waals surface area contributed by atoms with Crippen LogP contribution in [0.1, 0.15) is 31.4 Å². The Morgan fingerprint density at radius 3 is 2.61 bits per heavy atom. The molecule has 1 aromatic carbocycles. The van der Waals surface area contributed by atoms with Crippen LogP contribution in [0.4, 0.5) is 5.69 Å². The number of carboxylic acid groups (broad SMARTS) is 1. The predicted molar refractivity (Wildman–Crippen MR) is 90.5 cm³/mol. The number of benzene rings is 1. The molecule has 3 unspecified atom stereocenters. The molecule has 0 aromatic heterocycles. The predicted octanol–water partition coefficient (Wildman–Crippen LogP) is 2.67. The Labute approximate surface area is 137 Å². The first-order valence-electron chi connectivity index (χ1n) is 8.13. The molecule has 0 bridgehead atoms. The summed E-state index contributed by atoms with van der Waals surface area (Å²) < 4.78 is 0. The highest BCUT2D eigenvalue weighted by molar-refractivity contribution is 5.95. The first kappa shape index (κ1) is 17.5. The third-order valence-corrected chi connectivity index (χ3v) is 4.60. The van der Waals surface area contributed by atoms with E-state index in [1.165, 1.54) is 0 Å². The largest absolute Gasteiger partial charge is 0.481 e. The van der Waals surface area contributed by atoms with Crippen molar-refractivity contribution in [1.29, 1.82) is 0 Å². The number of hydrogen-bond donors (Lipinski definition) is 2. The third kappa shape index (κ3) is 4.32. The Hall–Kier alpha value is -1.88. The molecule has 23 heavy (non-hydrogen) atoms. The van der Waals surface area contributed by atoms with Crippen molar-refractivity contribution >= 4 is 17.6 Å². The van der Waals surface area contributed by atoms with Crippen LogP contribution < -0.4 is 5.32 Å². The van der Waals surface area contributed by atoms with Crippen molar-refractivity contribution in [1.82, 2.24) is 4.90 Å². The van der Waals surface area contributed by atoms with Gasteiger partial charge in [0.1, 0.15) is 0 Å². The second-order valence-corrected chi connectivity index (χ2v) is 6.81. The number of aryl methyl sites for hydroxylation is 2. The molecule has 2 rings (SSSR count). The van der Waals surface area contributed by atoms with Gasteiger partial charge in [0.2, 0.25) is 5.91 Å². The molecular formula is C18H26N2O3. The van der Waals surface area contributed by atoms with Crippen molar-refractivity contribution in [3.05, 3.63) is 29.3 Å². The van der Waals surface area contributed by atoms with Gasteiger partial charge in [0.15, 0.2) is 0 Å². The number of carboxylic acids is 1. The zero-order valence-corrected chi connectivity index (χ0v) is 14.3. The molecule has 1 fully saturated rings. The van der Waals surface area contributed by atoms with Crippen LogP contribution in [0.2, 0.25) is 0 Å². The smallest absolute Gasteiger partial charge is 0.307 e. The van der Waals surface area contributed by atoms with Gasteiger partial charge in [-0.2, -0.15) is 0 Å². The average Bonchev–Trinajstić information content (AvgIpc) is 2.48. The first-order chi connectivity index (χ1) is 10.8. The fourth-order valence-electron chi connectivity index (χ4n) is 3.24. The fourth-order valence-corrected chi connectivity index (χ4v) is 3.24. The minimum Gasteiger partial charge on any atom is -0.481 e. The highest BCUT2D eigenvalue weighted by atomic mass is 16.4. The molecule has 126 valence electrons. The maximum atomic E-state index is 12.5. The number of carbonyl (C=O) groups is 2. The Kier molecular flexibility index (Phi) is 5.42.